The maximum atomic E-state index is 12.1. The predicted octanol–water partition coefficient (Wildman–Crippen LogP) is 1.37. The van der Waals surface area contributed by atoms with Crippen LogP contribution in [0.2, 0.25) is 0 Å². The van der Waals surface area contributed by atoms with Gasteiger partial charge in [-0.3, -0.25) is 4.79 Å². The highest BCUT2D eigenvalue weighted by atomic mass is 32.2. The van der Waals surface area contributed by atoms with Crippen LogP contribution in [0.5, 0.6) is 0 Å². The molecule has 0 unspecified atom stereocenters. The van der Waals surface area contributed by atoms with E-state index in [9.17, 15) is 13.2 Å². The molecule has 1 fully saturated rings. The minimum atomic E-state index is -3.52. The smallest absolute Gasteiger partial charge is 0.306 e. The summed E-state index contributed by atoms with van der Waals surface area (Å²) < 4.78 is 27.0. The maximum absolute atomic E-state index is 12.1. The number of hydrogen-bond acceptors (Lipinski definition) is 5. The molecular weight excluding hydrogens is 288 g/mol. The van der Waals surface area contributed by atoms with Crippen molar-refractivity contribution in [2.75, 3.05) is 0 Å². The van der Waals surface area contributed by atoms with Gasteiger partial charge in [0.15, 0.2) is 4.21 Å². The van der Waals surface area contributed by atoms with E-state index in [2.05, 4.69) is 9.71 Å². The summed E-state index contributed by atoms with van der Waals surface area (Å²) >= 11 is 1.13. The molecule has 1 heterocycles. The van der Waals surface area contributed by atoms with Crippen LogP contribution in [0.4, 0.5) is 0 Å². The van der Waals surface area contributed by atoms with Gasteiger partial charge < -0.3 is 5.11 Å². The van der Waals surface area contributed by atoms with Gasteiger partial charge in [-0.1, -0.05) is 0 Å². The molecule has 0 aliphatic heterocycles. The third-order valence-electron chi connectivity index (χ3n) is 3.26. The molecule has 0 atom stereocenters. The van der Waals surface area contributed by atoms with Crippen molar-refractivity contribution in [3.63, 3.8) is 0 Å². The van der Waals surface area contributed by atoms with Crippen molar-refractivity contribution in [1.29, 1.82) is 0 Å². The first-order valence-corrected chi connectivity index (χ1v) is 8.36. The van der Waals surface area contributed by atoms with Gasteiger partial charge in [-0.25, -0.2) is 18.1 Å². The fraction of sp³-hybridized carbons (Fsp3) is 0.636. The van der Waals surface area contributed by atoms with Gasteiger partial charge in [0.2, 0.25) is 0 Å². The first kappa shape index (κ1) is 14.4. The summed E-state index contributed by atoms with van der Waals surface area (Å²) in [5.74, 6) is -1.13. The lowest BCUT2D eigenvalue weighted by Crippen LogP contribution is -2.38. The Kier molecular flexibility index (Phi) is 4.22. The van der Waals surface area contributed by atoms with E-state index in [0.29, 0.717) is 30.7 Å². The fourth-order valence-electron chi connectivity index (χ4n) is 2.20. The number of aliphatic carboxylic acids is 1. The van der Waals surface area contributed by atoms with Crippen molar-refractivity contribution < 1.29 is 18.3 Å². The van der Waals surface area contributed by atoms with E-state index >= 15 is 0 Å². The highest BCUT2D eigenvalue weighted by Gasteiger charge is 2.29. The summed E-state index contributed by atoms with van der Waals surface area (Å²) in [5.41, 5.74) is 0. The molecule has 1 aliphatic rings. The van der Waals surface area contributed by atoms with Crippen molar-refractivity contribution in [3.05, 3.63) is 11.2 Å². The number of hydrogen-bond donors (Lipinski definition) is 2. The van der Waals surface area contributed by atoms with Crippen LogP contribution in [0, 0.1) is 12.8 Å². The molecule has 0 spiro atoms. The van der Waals surface area contributed by atoms with E-state index in [4.69, 9.17) is 5.11 Å². The lowest BCUT2D eigenvalue weighted by molar-refractivity contribution is -0.142. The molecule has 1 saturated carbocycles. The third kappa shape index (κ3) is 3.52. The molecule has 6 nitrogen and oxygen atoms in total. The fourth-order valence-corrected chi connectivity index (χ4v) is 4.63. The average molecular weight is 304 g/mol. The normalized spacial score (nSPS) is 24.3. The molecule has 1 aromatic heterocycles. The monoisotopic (exact) mass is 304 g/mol. The Morgan fingerprint density at radius 2 is 2.05 bits per heavy atom. The van der Waals surface area contributed by atoms with Gasteiger partial charge in [0.1, 0.15) is 0 Å². The Hall–Kier alpha value is -0.990. The number of carbonyl (C=O) groups is 1. The lowest BCUT2D eigenvalue weighted by Gasteiger charge is -2.26. The number of rotatable bonds is 4. The van der Waals surface area contributed by atoms with Crippen molar-refractivity contribution in [2.45, 2.75) is 42.9 Å². The maximum Gasteiger partial charge on any atom is 0.306 e. The SMILES string of the molecule is Cc1ncc(S(=O)(=O)NC2CCC(C(=O)O)CC2)s1. The van der Waals surface area contributed by atoms with Gasteiger partial charge in [-0.15, -0.1) is 11.3 Å². The highest BCUT2D eigenvalue weighted by Crippen LogP contribution is 2.26. The number of nitrogens with zero attached hydrogens (tertiary/aromatic N) is 1. The molecule has 2 rings (SSSR count). The molecule has 0 radical (unpaired) electrons. The van der Waals surface area contributed by atoms with Crippen LogP contribution in [0.15, 0.2) is 10.4 Å². The Bertz CT molecular complexity index is 559. The summed E-state index contributed by atoms with van der Waals surface area (Å²) in [6, 6.07) is -0.178. The van der Waals surface area contributed by atoms with Crippen LogP contribution in [0.1, 0.15) is 30.7 Å². The van der Waals surface area contributed by atoms with E-state index in [0.717, 1.165) is 11.3 Å². The van der Waals surface area contributed by atoms with Crippen molar-refractivity contribution in [2.24, 2.45) is 5.92 Å². The third-order valence-corrected chi connectivity index (χ3v) is 6.16. The molecule has 0 aromatic carbocycles. The minimum absolute atomic E-state index is 0.178. The summed E-state index contributed by atoms with van der Waals surface area (Å²) in [6.07, 6.45) is 3.52. The molecule has 1 aliphatic carbocycles. The molecule has 0 bridgehead atoms. The van der Waals surface area contributed by atoms with Crippen LogP contribution in [-0.2, 0) is 14.8 Å². The molecule has 8 heteroatoms. The standard InChI is InChI=1S/C11H16N2O4S2/c1-7-12-6-10(18-7)19(16,17)13-9-4-2-8(3-5-9)11(14)15/h6,8-9,13H,2-5H2,1H3,(H,14,15). The van der Waals surface area contributed by atoms with Gasteiger partial charge >= 0.3 is 5.97 Å². The van der Waals surface area contributed by atoms with Crippen molar-refractivity contribution in [1.82, 2.24) is 9.71 Å². The quantitative estimate of drug-likeness (QED) is 0.876. The zero-order valence-electron chi connectivity index (χ0n) is 10.5. The summed E-state index contributed by atoms with van der Waals surface area (Å²) in [4.78, 5) is 14.8. The van der Waals surface area contributed by atoms with E-state index in [1.807, 2.05) is 0 Å². The van der Waals surface area contributed by atoms with Gasteiger partial charge in [0, 0.05) is 6.04 Å². The zero-order valence-corrected chi connectivity index (χ0v) is 12.1. The second-order valence-electron chi connectivity index (χ2n) is 4.71. The number of aryl methyl sites for hydroxylation is 1. The highest BCUT2D eigenvalue weighted by molar-refractivity contribution is 7.91. The van der Waals surface area contributed by atoms with Crippen LogP contribution in [0.3, 0.4) is 0 Å². The van der Waals surface area contributed by atoms with Gasteiger partial charge in [-0.2, -0.15) is 0 Å². The Balaban J connectivity index is 1.97. The molecular formula is C11H16N2O4S2. The molecule has 1 aromatic rings. The number of carboxylic acid groups (broad SMARTS) is 1. The number of sulfonamides is 1. The molecule has 19 heavy (non-hydrogen) atoms. The van der Waals surface area contributed by atoms with Crippen molar-refractivity contribution >= 4 is 27.3 Å². The van der Waals surface area contributed by atoms with Gasteiger partial charge in [-0.05, 0) is 32.6 Å². The van der Waals surface area contributed by atoms with Gasteiger partial charge in [0.25, 0.3) is 10.0 Å². The molecule has 106 valence electrons. The van der Waals surface area contributed by atoms with Crippen LogP contribution in [0.25, 0.3) is 0 Å². The summed E-state index contributed by atoms with van der Waals surface area (Å²) in [5, 5.41) is 9.60. The van der Waals surface area contributed by atoms with E-state index < -0.39 is 16.0 Å². The molecule has 2 N–H and O–H groups in total. The summed E-state index contributed by atoms with van der Waals surface area (Å²) in [6.45, 7) is 1.75. The lowest BCUT2D eigenvalue weighted by atomic mass is 9.87. The van der Waals surface area contributed by atoms with E-state index in [1.54, 1.807) is 6.92 Å². The Labute approximate surface area is 115 Å². The minimum Gasteiger partial charge on any atom is -0.481 e. The molecule has 0 saturated heterocycles. The zero-order chi connectivity index (χ0) is 14.0. The van der Waals surface area contributed by atoms with Crippen molar-refractivity contribution in [3.8, 4) is 0 Å². The topological polar surface area (TPSA) is 96.4 Å². The van der Waals surface area contributed by atoms with E-state index in [-0.39, 0.29) is 16.2 Å². The Morgan fingerprint density at radius 3 is 2.53 bits per heavy atom. The second kappa shape index (κ2) is 5.56. The second-order valence-corrected chi connectivity index (χ2v) is 7.88. The Morgan fingerprint density at radius 1 is 1.42 bits per heavy atom. The van der Waals surface area contributed by atoms with Crippen LogP contribution < -0.4 is 4.72 Å². The largest absolute Gasteiger partial charge is 0.481 e. The predicted molar refractivity (Wildman–Crippen MR) is 70.6 cm³/mol. The average Bonchev–Trinajstić information content (AvgIpc) is 2.77. The first-order valence-electron chi connectivity index (χ1n) is 6.06. The number of aromatic nitrogens is 1. The number of thiazole rings is 1. The summed E-state index contributed by atoms with van der Waals surface area (Å²) in [7, 11) is -3.52. The van der Waals surface area contributed by atoms with Gasteiger partial charge in [0.05, 0.1) is 17.1 Å². The number of carboxylic acids is 1. The molecule has 0 amide bonds. The van der Waals surface area contributed by atoms with Crippen LogP contribution in [-0.4, -0.2) is 30.5 Å². The number of nitrogens with one attached hydrogen (secondary N) is 1. The first-order chi connectivity index (χ1) is 8.88. The van der Waals surface area contributed by atoms with Crippen LogP contribution >= 0.6 is 11.3 Å². The van der Waals surface area contributed by atoms with E-state index in [1.165, 1.54) is 6.20 Å².